The molecule has 1 aliphatic rings. The zero-order valence-corrected chi connectivity index (χ0v) is 30.4. The van der Waals surface area contributed by atoms with Crippen LogP contribution in [0.4, 0.5) is 0 Å². The Balaban J connectivity index is 2.17. The van der Waals surface area contributed by atoms with Gasteiger partial charge >= 0.3 is 0 Å². The molecule has 0 bridgehead atoms. The number of benzene rings is 3. The zero-order valence-electron chi connectivity index (χ0n) is 29.4. The Kier molecular flexibility index (Phi) is 12.5. The number of hydrogen-bond donors (Lipinski definition) is 0. The molecule has 3 aromatic carbocycles. The zero-order chi connectivity index (χ0) is 31.7. The van der Waals surface area contributed by atoms with Gasteiger partial charge in [0.15, 0.2) is 8.07 Å². The minimum atomic E-state index is -2.60. The van der Waals surface area contributed by atoms with E-state index in [0.717, 1.165) is 0 Å². The van der Waals surface area contributed by atoms with Gasteiger partial charge in [-0.05, 0) is 128 Å². The highest BCUT2D eigenvalue weighted by atomic mass is 28.3. The van der Waals surface area contributed by atoms with Gasteiger partial charge in [-0.15, -0.1) is 0 Å². The molecule has 0 aliphatic heterocycles. The molecule has 0 fully saturated rings. The molecular formula is C43H60Si. The number of unbranched alkanes of at least 4 members (excludes halogenated alkanes) is 4. The minimum absolute atomic E-state index is 0.422. The number of allylic oxidation sites excluding steroid dienone is 4. The molecule has 0 N–H and O–H groups in total. The van der Waals surface area contributed by atoms with Crippen LogP contribution in [0.1, 0.15) is 129 Å². The van der Waals surface area contributed by atoms with Gasteiger partial charge in [0.05, 0.1) is 0 Å². The molecule has 0 saturated carbocycles. The lowest BCUT2D eigenvalue weighted by Gasteiger charge is -2.42. The summed E-state index contributed by atoms with van der Waals surface area (Å²) in [6, 6.07) is 27.6. The lowest BCUT2D eigenvalue weighted by Crippen LogP contribution is -2.70. The fraction of sp³-hybridized carbons (Fsp3) is 0.488. The van der Waals surface area contributed by atoms with E-state index in [9.17, 15) is 0 Å². The molecule has 0 radical (unpaired) electrons. The molecule has 0 saturated heterocycles. The lowest BCUT2D eigenvalue weighted by atomic mass is 10.0. The first-order valence-corrected chi connectivity index (χ1v) is 20.1. The number of hydrogen-bond acceptors (Lipinski definition) is 0. The van der Waals surface area contributed by atoms with Gasteiger partial charge in [0.1, 0.15) is 0 Å². The Morgan fingerprint density at radius 2 is 0.795 bits per heavy atom. The van der Waals surface area contributed by atoms with E-state index in [1.807, 2.05) is 0 Å². The van der Waals surface area contributed by atoms with Crippen LogP contribution in [0.2, 0.25) is 5.54 Å². The Morgan fingerprint density at radius 3 is 1.11 bits per heavy atom. The first-order chi connectivity index (χ1) is 21.3. The Hall–Kier alpha value is -2.64. The molecule has 1 heteroatoms. The Labute approximate surface area is 272 Å². The van der Waals surface area contributed by atoms with Crippen LogP contribution in [0, 0.1) is 0 Å². The van der Waals surface area contributed by atoms with Gasteiger partial charge in [-0.2, -0.15) is 0 Å². The van der Waals surface area contributed by atoms with Crippen LogP contribution in [0.3, 0.4) is 0 Å². The van der Waals surface area contributed by atoms with Gasteiger partial charge < -0.3 is 0 Å². The average Bonchev–Trinajstić information content (AvgIpc) is 3.24. The number of aryl methyl sites for hydroxylation is 4. The van der Waals surface area contributed by atoms with Gasteiger partial charge in [-0.3, -0.25) is 0 Å². The number of rotatable bonds is 16. The van der Waals surface area contributed by atoms with Crippen molar-refractivity contribution in [3.05, 3.63) is 111 Å². The van der Waals surface area contributed by atoms with Gasteiger partial charge in [-0.25, -0.2) is 0 Å². The summed E-state index contributed by atoms with van der Waals surface area (Å²) in [6.45, 7) is 19.0. The summed E-state index contributed by atoms with van der Waals surface area (Å²) in [6.07, 6.45) is 14.7. The van der Waals surface area contributed by atoms with Gasteiger partial charge in [0.25, 0.3) is 0 Å². The highest BCUT2D eigenvalue weighted by Crippen LogP contribution is 2.46. The third-order valence-corrected chi connectivity index (χ3v) is 15.9. The summed E-state index contributed by atoms with van der Waals surface area (Å²) < 4.78 is 0. The Morgan fingerprint density at radius 1 is 0.455 bits per heavy atom. The van der Waals surface area contributed by atoms with Crippen molar-refractivity contribution >= 4 is 23.6 Å². The fourth-order valence-corrected chi connectivity index (χ4v) is 13.9. The van der Waals surface area contributed by atoms with E-state index >= 15 is 0 Å². The molecule has 0 unspecified atom stereocenters. The monoisotopic (exact) mass is 604 g/mol. The van der Waals surface area contributed by atoms with Crippen molar-refractivity contribution in [1.82, 2.24) is 0 Å². The van der Waals surface area contributed by atoms with Crippen molar-refractivity contribution in [3.63, 3.8) is 0 Å². The van der Waals surface area contributed by atoms with E-state index < -0.39 is 8.07 Å². The SMILES string of the molecule is CCCCc1cc(CCCC)cc([Si](c2ccccc2)(c2cc(CCCC)cc(CCCC)c2)C2C(C)=C(C)C(C)=C2C)c1. The minimum Gasteiger partial charge on any atom is -0.0654 e. The highest BCUT2D eigenvalue weighted by Gasteiger charge is 2.50. The van der Waals surface area contributed by atoms with E-state index in [4.69, 9.17) is 0 Å². The van der Waals surface area contributed by atoms with Gasteiger partial charge in [-0.1, -0.05) is 131 Å². The van der Waals surface area contributed by atoms with Crippen LogP contribution >= 0.6 is 0 Å². The van der Waals surface area contributed by atoms with Crippen LogP contribution in [0.25, 0.3) is 0 Å². The fourth-order valence-electron chi connectivity index (χ4n) is 7.78. The summed E-state index contributed by atoms with van der Waals surface area (Å²) in [5.74, 6) is 0. The van der Waals surface area contributed by atoms with Gasteiger partial charge in [0.2, 0.25) is 0 Å². The van der Waals surface area contributed by atoms with E-state index in [2.05, 4.69) is 122 Å². The largest absolute Gasteiger partial charge is 0.159 e. The van der Waals surface area contributed by atoms with E-state index in [1.165, 1.54) is 88.2 Å². The normalized spacial score (nSPS) is 14.3. The molecule has 1 aliphatic carbocycles. The van der Waals surface area contributed by atoms with E-state index in [1.54, 1.807) is 49.0 Å². The van der Waals surface area contributed by atoms with Crippen LogP contribution < -0.4 is 15.6 Å². The van der Waals surface area contributed by atoms with Crippen molar-refractivity contribution in [2.75, 3.05) is 0 Å². The molecule has 0 atom stereocenters. The lowest BCUT2D eigenvalue weighted by molar-refractivity contribution is 0.781. The maximum atomic E-state index is 2.68. The maximum absolute atomic E-state index is 2.68. The third kappa shape index (κ3) is 7.25. The molecule has 44 heavy (non-hydrogen) atoms. The van der Waals surface area contributed by atoms with Crippen LogP contribution in [-0.2, 0) is 25.7 Å². The predicted molar refractivity (Wildman–Crippen MR) is 199 cm³/mol. The van der Waals surface area contributed by atoms with E-state index in [0.29, 0.717) is 5.54 Å². The predicted octanol–water partition coefficient (Wildman–Crippen LogP) is 10.6. The molecule has 0 aromatic heterocycles. The molecule has 0 spiro atoms. The standard InChI is InChI=1S/C43H60Si/c1-9-13-20-36-26-37(21-14-10-2)29-41(28-36)44(40-24-18-17-19-25-40,43-34(7)32(5)33(6)35(43)8)42-30-38(22-15-11-3)27-39(31-42)23-16-12-4/h17-19,24-31,43H,9-16,20-23H2,1-8H3. The molecule has 0 heterocycles. The second-order valence-corrected chi connectivity index (χ2v) is 17.6. The summed E-state index contributed by atoms with van der Waals surface area (Å²) >= 11 is 0. The Bertz CT molecular complexity index is 1300. The quantitative estimate of drug-likeness (QED) is 0.113. The third-order valence-electron chi connectivity index (χ3n) is 10.6. The topological polar surface area (TPSA) is 0 Å². The van der Waals surface area contributed by atoms with Crippen LogP contribution in [0.5, 0.6) is 0 Å². The van der Waals surface area contributed by atoms with Crippen LogP contribution in [0.15, 0.2) is 89.0 Å². The molecule has 0 amide bonds. The summed E-state index contributed by atoms with van der Waals surface area (Å²) in [5, 5.41) is 4.82. The highest BCUT2D eigenvalue weighted by molar-refractivity contribution is 7.13. The summed E-state index contributed by atoms with van der Waals surface area (Å²) in [4.78, 5) is 0. The van der Waals surface area contributed by atoms with Gasteiger partial charge in [0, 0.05) is 5.54 Å². The molecular weight excluding hydrogens is 545 g/mol. The van der Waals surface area contributed by atoms with Crippen molar-refractivity contribution in [2.24, 2.45) is 0 Å². The smallest absolute Gasteiger partial charge is 0.0654 e. The second kappa shape index (κ2) is 16.1. The molecule has 3 aromatic rings. The van der Waals surface area contributed by atoms with Crippen LogP contribution in [-0.4, -0.2) is 8.07 Å². The van der Waals surface area contributed by atoms with Crippen molar-refractivity contribution in [1.29, 1.82) is 0 Å². The second-order valence-electron chi connectivity index (χ2n) is 13.7. The van der Waals surface area contributed by atoms with Crippen molar-refractivity contribution in [2.45, 2.75) is 138 Å². The van der Waals surface area contributed by atoms with Crippen molar-refractivity contribution < 1.29 is 0 Å². The summed E-state index contributed by atoms with van der Waals surface area (Å²) in [5.41, 5.74) is 12.8. The first-order valence-electron chi connectivity index (χ1n) is 18.0. The maximum Gasteiger partial charge on any atom is 0.159 e. The molecule has 0 nitrogen and oxygen atoms in total. The van der Waals surface area contributed by atoms with E-state index in [-0.39, 0.29) is 0 Å². The first kappa shape index (κ1) is 34.2. The molecule has 236 valence electrons. The molecule has 4 rings (SSSR count). The summed E-state index contributed by atoms with van der Waals surface area (Å²) in [7, 11) is -2.60. The van der Waals surface area contributed by atoms with Crippen molar-refractivity contribution in [3.8, 4) is 0 Å². The average molecular weight is 605 g/mol.